The molecular weight excluding hydrogens is 466 g/mol. The molecule has 0 saturated carbocycles. The van der Waals surface area contributed by atoms with Crippen LogP contribution in [-0.4, -0.2) is 28.2 Å². The van der Waals surface area contributed by atoms with Crippen LogP contribution < -0.4 is 10.1 Å². The van der Waals surface area contributed by atoms with Crippen molar-refractivity contribution in [2.45, 2.75) is 70.7 Å². The first-order valence-electron chi connectivity index (χ1n) is 12.5. The van der Waals surface area contributed by atoms with E-state index in [1.54, 1.807) is 18.2 Å². The van der Waals surface area contributed by atoms with Gasteiger partial charge in [0, 0.05) is 17.7 Å². The molecule has 1 heterocycles. The third-order valence-corrected chi connectivity index (χ3v) is 6.50. The molecule has 6 nitrogen and oxygen atoms in total. The number of carbonyl (C=O) groups excluding carboxylic acids is 2. The van der Waals surface area contributed by atoms with Gasteiger partial charge in [-0.15, -0.1) is 0 Å². The molecule has 1 aliphatic rings. The first-order chi connectivity index (χ1) is 17.3. The topological polar surface area (TPSA) is 84.9 Å². The summed E-state index contributed by atoms with van der Waals surface area (Å²) in [5.74, 6) is -0.145. The van der Waals surface area contributed by atoms with E-state index in [2.05, 4.69) is 5.32 Å². The molecule has 1 atom stereocenters. The fraction of sp³-hybridized carbons (Fsp3) is 0.355. The van der Waals surface area contributed by atoms with E-state index >= 15 is 0 Å². The number of esters is 1. The summed E-state index contributed by atoms with van der Waals surface area (Å²) >= 11 is 0. The summed E-state index contributed by atoms with van der Waals surface area (Å²) in [7, 11) is 0. The van der Waals surface area contributed by atoms with Crippen molar-refractivity contribution in [3.63, 3.8) is 0 Å². The molecule has 0 fully saturated rings. The predicted octanol–water partition coefficient (Wildman–Crippen LogP) is 5.81. The van der Waals surface area contributed by atoms with Gasteiger partial charge in [-0.05, 0) is 74.1 Å². The van der Waals surface area contributed by atoms with E-state index in [0.29, 0.717) is 16.8 Å². The third kappa shape index (κ3) is 6.38. The van der Waals surface area contributed by atoms with Crippen molar-refractivity contribution in [1.29, 1.82) is 0 Å². The number of amides is 1. The van der Waals surface area contributed by atoms with E-state index < -0.39 is 16.9 Å². The van der Waals surface area contributed by atoms with Crippen LogP contribution in [0.15, 0.2) is 72.8 Å². The fourth-order valence-electron chi connectivity index (χ4n) is 4.77. The number of ether oxygens (including phenoxy) is 2. The number of nitrogens with one attached hydrogen (secondary N) is 1. The molecule has 194 valence electrons. The Bertz CT molecular complexity index is 1280. The Labute approximate surface area is 218 Å². The summed E-state index contributed by atoms with van der Waals surface area (Å²) in [6.45, 7) is 10.2. The van der Waals surface area contributed by atoms with Crippen molar-refractivity contribution in [1.82, 2.24) is 0 Å². The SMILES string of the molecule is CC(C)(C)Oc1ccc(CC(O)(CC(C)(C)c2ccccc2)C(=O)Nc2ccc3c(c2)COC3=O)cc1. The summed E-state index contributed by atoms with van der Waals surface area (Å²) in [5.41, 5.74) is 1.04. The van der Waals surface area contributed by atoms with E-state index in [4.69, 9.17) is 9.47 Å². The third-order valence-electron chi connectivity index (χ3n) is 6.50. The average molecular weight is 502 g/mol. The fourth-order valence-corrected chi connectivity index (χ4v) is 4.77. The lowest BCUT2D eigenvalue weighted by atomic mass is 9.73. The van der Waals surface area contributed by atoms with Crippen LogP contribution in [0.4, 0.5) is 5.69 Å². The van der Waals surface area contributed by atoms with E-state index in [-0.39, 0.29) is 31.0 Å². The molecule has 6 heteroatoms. The maximum absolute atomic E-state index is 13.7. The van der Waals surface area contributed by atoms with Gasteiger partial charge in [-0.3, -0.25) is 4.79 Å². The van der Waals surface area contributed by atoms with Crippen molar-refractivity contribution >= 4 is 17.6 Å². The van der Waals surface area contributed by atoms with Crippen LogP contribution in [0.2, 0.25) is 0 Å². The summed E-state index contributed by atoms with van der Waals surface area (Å²) in [5, 5.41) is 14.8. The zero-order chi connectivity index (χ0) is 26.8. The normalized spacial score (nSPS) is 14.9. The number of rotatable bonds is 8. The lowest BCUT2D eigenvalue weighted by molar-refractivity contribution is -0.136. The lowest BCUT2D eigenvalue weighted by Gasteiger charge is -2.36. The molecule has 37 heavy (non-hydrogen) atoms. The minimum absolute atomic E-state index is 0.122. The standard InChI is InChI=1S/C31H35NO5/c1-29(2,3)37-25-14-11-21(12-15-25)18-31(35,20-30(4,5)23-9-7-6-8-10-23)28(34)32-24-13-16-26-22(17-24)19-36-27(26)33/h6-17,35H,18-20H2,1-5H3,(H,32,34). The van der Waals surface area contributed by atoms with Gasteiger partial charge in [-0.2, -0.15) is 0 Å². The van der Waals surface area contributed by atoms with Crippen molar-refractivity contribution in [3.05, 3.63) is 95.1 Å². The number of cyclic esters (lactones) is 1. The highest BCUT2D eigenvalue weighted by atomic mass is 16.5. The second kappa shape index (κ2) is 10.0. The molecule has 1 amide bonds. The van der Waals surface area contributed by atoms with Crippen molar-refractivity contribution in [2.75, 3.05) is 5.32 Å². The zero-order valence-electron chi connectivity index (χ0n) is 22.1. The molecule has 2 N–H and O–H groups in total. The van der Waals surface area contributed by atoms with Gasteiger partial charge >= 0.3 is 5.97 Å². The van der Waals surface area contributed by atoms with Gasteiger partial charge in [-0.25, -0.2) is 4.79 Å². The Hall–Kier alpha value is -3.64. The van der Waals surface area contributed by atoms with Gasteiger partial charge in [0.05, 0.1) is 5.56 Å². The first-order valence-corrected chi connectivity index (χ1v) is 12.5. The minimum atomic E-state index is -1.71. The van der Waals surface area contributed by atoms with E-state index in [9.17, 15) is 14.7 Å². The quantitative estimate of drug-likeness (QED) is 0.380. The van der Waals surface area contributed by atoms with Crippen LogP contribution in [0.25, 0.3) is 0 Å². The lowest BCUT2D eigenvalue weighted by Crippen LogP contribution is -2.49. The molecule has 0 saturated heterocycles. The number of fused-ring (bicyclic) bond motifs is 1. The number of anilines is 1. The molecule has 3 aromatic carbocycles. The van der Waals surface area contributed by atoms with E-state index in [1.165, 1.54) is 0 Å². The largest absolute Gasteiger partial charge is 0.488 e. The second-order valence-corrected chi connectivity index (χ2v) is 11.4. The van der Waals surface area contributed by atoms with Crippen LogP contribution in [0, 0.1) is 0 Å². The van der Waals surface area contributed by atoms with Crippen molar-refractivity contribution in [3.8, 4) is 5.75 Å². The Kier molecular flexibility index (Phi) is 7.16. The number of hydrogen-bond acceptors (Lipinski definition) is 5. The average Bonchev–Trinajstić information content (AvgIpc) is 3.19. The highest BCUT2D eigenvalue weighted by molar-refractivity contribution is 5.99. The number of hydrogen-bond donors (Lipinski definition) is 2. The van der Waals surface area contributed by atoms with Gasteiger partial charge in [-0.1, -0.05) is 56.3 Å². The van der Waals surface area contributed by atoms with Gasteiger partial charge < -0.3 is 19.9 Å². The Balaban J connectivity index is 1.61. The van der Waals surface area contributed by atoms with Crippen LogP contribution >= 0.6 is 0 Å². The van der Waals surface area contributed by atoms with Gasteiger partial charge in [0.25, 0.3) is 5.91 Å². The summed E-state index contributed by atoms with van der Waals surface area (Å²) in [4.78, 5) is 25.5. The molecule has 3 aromatic rings. The van der Waals surface area contributed by atoms with Crippen molar-refractivity contribution < 1.29 is 24.2 Å². The Morgan fingerprint density at radius 2 is 1.65 bits per heavy atom. The molecule has 1 unspecified atom stereocenters. The van der Waals surface area contributed by atoms with Crippen molar-refractivity contribution in [2.24, 2.45) is 0 Å². The van der Waals surface area contributed by atoms with E-state index in [1.807, 2.05) is 89.2 Å². The van der Waals surface area contributed by atoms with Crippen LogP contribution in [-0.2, 0) is 28.0 Å². The maximum atomic E-state index is 13.7. The van der Waals surface area contributed by atoms with Gasteiger partial charge in [0.2, 0.25) is 0 Å². The smallest absolute Gasteiger partial charge is 0.338 e. The monoisotopic (exact) mass is 501 g/mol. The van der Waals surface area contributed by atoms with E-state index in [0.717, 1.165) is 16.9 Å². The maximum Gasteiger partial charge on any atom is 0.338 e. The molecule has 4 rings (SSSR count). The highest BCUT2D eigenvalue weighted by Gasteiger charge is 2.42. The molecule has 1 aliphatic heterocycles. The highest BCUT2D eigenvalue weighted by Crippen LogP contribution is 2.35. The van der Waals surface area contributed by atoms with Crippen LogP contribution in [0.1, 0.15) is 68.1 Å². The second-order valence-electron chi connectivity index (χ2n) is 11.4. The number of benzene rings is 3. The summed E-state index contributed by atoms with van der Waals surface area (Å²) < 4.78 is 11.0. The first kappa shape index (κ1) is 26.4. The molecule has 0 aromatic heterocycles. The summed E-state index contributed by atoms with van der Waals surface area (Å²) in [6, 6.07) is 22.4. The Morgan fingerprint density at radius 1 is 0.973 bits per heavy atom. The minimum Gasteiger partial charge on any atom is -0.488 e. The molecular formula is C31H35NO5. The number of aliphatic hydroxyl groups is 1. The van der Waals surface area contributed by atoms with Gasteiger partial charge in [0.15, 0.2) is 0 Å². The Morgan fingerprint density at radius 3 is 2.30 bits per heavy atom. The van der Waals surface area contributed by atoms with Gasteiger partial charge in [0.1, 0.15) is 23.6 Å². The predicted molar refractivity (Wildman–Crippen MR) is 144 cm³/mol. The molecule has 0 radical (unpaired) electrons. The number of carbonyl (C=O) groups is 2. The molecule has 0 aliphatic carbocycles. The summed E-state index contributed by atoms with van der Waals surface area (Å²) in [6.07, 6.45) is 0.320. The molecule has 0 bridgehead atoms. The molecule has 0 spiro atoms. The van der Waals surface area contributed by atoms with Crippen LogP contribution in [0.5, 0.6) is 5.75 Å². The van der Waals surface area contributed by atoms with Crippen LogP contribution in [0.3, 0.4) is 0 Å². The zero-order valence-corrected chi connectivity index (χ0v) is 22.1.